The average Bonchev–Trinajstić information content (AvgIpc) is 3.49. The molecule has 0 aliphatic carbocycles. The van der Waals surface area contributed by atoms with Gasteiger partial charge < -0.3 is 10.1 Å². The predicted octanol–water partition coefficient (Wildman–Crippen LogP) is 4.12. The third kappa shape index (κ3) is 5.35. The average molecular weight is 500 g/mol. The van der Waals surface area contributed by atoms with E-state index in [0.29, 0.717) is 35.1 Å². The van der Waals surface area contributed by atoms with Gasteiger partial charge in [-0.15, -0.1) is 11.3 Å². The number of ketones is 1. The fourth-order valence-corrected chi connectivity index (χ4v) is 6.23. The first-order chi connectivity index (χ1) is 16.2. The second kappa shape index (κ2) is 10.0. The van der Waals surface area contributed by atoms with Gasteiger partial charge in [0.1, 0.15) is 10.8 Å². The molecule has 1 saturated heterocycles. The number of amides is 1. The van der Waals surface area contributed by atoms with Crippen LogP contribution in [-0.2, 0) is 14.8 Å². The number of sulfonamides is 1. The van der Waals surface area contributed by atoms with Gasteiger partial charge in [-0.25, -0.2) is 13.4 Å². The Labute approximate surface area is 202 Å². The molecule has 0 atom stereocenters. The standard InChI is InChI=1S/C24H25N3O5S2/c1-16-23(17(2)28)33-24(25-16)18-8-10-20(11-9-18)32-15-22(29)26-19-6-5-7-21(14-19)34(30,31)27-12-3-4-13-27/h5-11,14H,3-4,12-13,15H2,1-2H3,(H,26,29). The molecule has 0 unspecified atom stereocenters. The summed E-state index contributed by atoms with van der Waals surface area (Å²) < 4.78 is 32.5. The van der Waals surface area contributed by atoms with Gasteiger partial charge in [0.2, 0.25) is 10.0 Å². The van der Waals surface area contributed by atoms with E-state index in [-0.39, 0.29) is 17.3 Å². The molecular weight excluding hydrogens is 474 g/mol. The van der Waals surface area contributed by atoms with Gasteiger partial charge in [0.05, 0.1) is 15.5 Å². The highest BCUT2D eigenvalue weighted by Crippen LogP contribution is 2.29. The van der Waals surface area contributed by atoms with Crippen LogP contribution in [-0.4, -0.2) is 49.1 Å². The molecule has 1 aliphatic heterocycles. The Balaban J connectivity index is 1.35. The number of carbonyl (C=O) groups is 2. The van der Waals surface area contributed by atoms with Crippen LogP contribution >= 0.6 is 11.3 Å². The molecule has 178 valence electrons. The number of Topliss-reactive ketones (excluding diaryl/α,β-unsaturated/α-hetero) is 1. The zero-order valence-electron chi connectivity index (χ0n) is 18.9. The van der Waals surface area contributed by atoms with Crippen molar-refractivity contribution in [1.82, 2.24) is 9.29 Å². The van der Waals surface area contributed by atoms with Crippen LogP contribution in [0.5, 0.6) is 5.75 Å². The molecule has 10 heteroatoms. The number of nitrogens with zero attached hydrogens (tertiary/aromatic N) is 2. The van der Waals surface area contributed by atoms with E-state index in [1.807, 2.05) is 19.1 Å². The second-order valence-electron chi connectivity index (χ2n) is 7.99. The number of ether oxygens (including phenoxy) is 1. The van der Waals surface area contributed by atoms with Gasteiger partial charge in [-0.3, -0.25) is 9.59 Å². The van der Waals surface area contributed by atoms with Crippen molar-refractivity contribution in [3.05, 3.63) is 59.1 Å². The Kier molecular flexibility index (Phi) is 7.11. The molecule has 3 aromatic rings. The topological polar surface area (TPSA) is 106 Å². The van der Waals surface area contributed by atoms with Crippen molar-refractivity contribution in [3.63, 3.8) is 0 Å². The lowest BCUT2D eigenvalue weighted by Gasteiger charge is -2.16. The van der Waals surface area contributed by atoms with Crippen molar-refractivity contribution in [2.24, 2.45) is 0 Å². The van der Waals surface area contributed by atoms with E-state index >= 15 is 0 Å². The van der Waals surface area contributed by atoms with Crippen LogP contribution in [0.2, 0.25) is 0 Å². The second-order valence-corrected chi connectivity index (χ2v) is 10.9. The summed E-state index contributed by atoms with van der Waals surface area (Å²) in [6, 6.07) is 13.4. The highest BCUT2D eigenvalue weighted by molar-refractivity contribution is 7.89. The molecule has 8 nitrogen and oxygen atoms in total. The number of anilines is 1. The van der Waals surface area contributed by atoms with Gasteiger partial charge in [0, 0.05) is 31.3 Å². The Morgan fingerprint density at radius 3 is 2.47 bits per heavy atom. The van der Waals surface area contributed by atoms with E-state index in [1.165, 1.54) is 34.7 Å². The summed E-state index contributed by atoms with van der Waals surface area (Å²) in [5.41, 5.74) is 1.96. The van der Waals surface area contributed by atoms with E-state index < -0.39 is 15.9 Å². The van der Waals surface area contributed by atoms with Gasteiger partial charge in [-0.1, -0.05) is 6.07 Å². The summed E-state index contributed by atoms with van der Waals surface area (Å²) in [6.07, 6.45) is 1.72. The molecule has 2 heterocycles. The Hall–Kier alpha value is -3.08. The molecule has 1 aliphatic rings. The van der Waals surface area contributed by atoms with Crippen molar-refractivity contribution in [1.29, 1.82) is 0 Å². The van der Waals surface area contributed by atoms with Crippen LogP contribution in [0.15, 0.2) is 53.4 Å². The number of benzene rings is 2. The Bertz CT molecular complexity index is 1310. The zero-order valence-corrected chi connectivity index (χ0v) is 20.5. The molecule has 0 bridgehead atoms. The van der Waals surface area contributed by atoms with E-state index in [0.717, 1.165) is 23.4 Å². The van der Waals surface area contributed by atoms with Gasteiger partial charge in [-0.2, -0.15) is 4.31 Å². The first kappa shape index (κ1) is 24.1. The smallest absolute Gasteiger partial charge is 0.262 e. The minimum absolute atomic E-state index is 0.00797. The molecule has 0 radical (unpaired) electrons. The molecule has 1 aromatic heterocycles. The Morgan fingerprint density at radius 1 is 1.12 bits per heavy atom. The minimum Gasteiger partial charge on any atom is -0.484 e. The molecule has 2 aromatic carbocycles. The zero-order chi connectivity index (χ0) is 24.3. The van der Waals surface area contributed by atoms with Crippen molar-refractivity contribution >= 4 is 38.7 Å². The summed E-state index contributed by atoms with van der Waals surface area (Å²) in [5.74, 6) is 0.0946. The highest BCUT2D eigenvalue weighted by atomic mass is 32.2. The first-order valence-electron chi connectivity index (χ1n) is 10.9. The number of rotatable bonds is 8. The third-order valence-corrected chi connectivity index (χ3v) is 8.61. The van der Waals surface area contributed by atoms with Crippen molar-refractivity contribution in [2.45, 2.75) is 31.6 Å². The van der Waals surface area contributed by atoms with Gasteiger partial charge in [-0.05, 0) is 62.2 Å². The highest BCUT2D eigenvalue weighted by Gasteiger charge is 2.27. The first-order valence-corrected chi connectivity index (χ1v) is 13.1. The van der Waals surface area contributed by atoms with E-state index in [4.69, 9.17) is 4.74 Å². The van der Waals surface area contributed by atoms with Gasteiger partial charge in [0.25, 0.3) is 5.91 Å². The quantitative estimate of drug-likeness (QED) is 0.468. The molecular formula is C24H25N3O5S2. The number of carbonyl (C=O) groups excluding carboxylic acids is 2. The maximum absolute atomic E-state index is 12.7. The molecule has 0 saturated carbocycles. The van der Waals surface area contributed by atoms with E-state index in [1.54, 1.807) is 24.3 Å². The van der Waals surface area contributed by atoms with Gasteiger partial charge >= 0.3 is 0 Å². The van der Waals surface area contributed by atoms with Crippen molar-refractivity contribution in [3.8, 4) is 16.3 Å². The maximum atomic E-state index is 12.7. The van der Waals surface area contributed by atoms with Crippen LogP contribution in [0.25, 0.3) is 10.6 Å². The predicted molar refractivity (Wildman–Crippen MR) is 131 cm³/mol. The minimum atomic E-state index is -3.56. The lowest BCUT2D eigenvalue weighted by atomic mass is 10.2. The lowest BCUT2D eigenvalue weighted by Crippen LogP contribution is -2.28. The van der Waals surface area contributed by atoms with Crippen LogP contribution in [0, 0.1) is 6.92 Å². The Morgan fingerprint density at radius 2 is 1.82 bits per heavy atom. The number of aromatic nitrogens is 1. The number of hydrogen-bond donors (Lipinski definition) is 1. The number of thiazole rings is 1. The largest absolute Gasteiger partial charge is 0.484 e. The van der Waals surface area contributed by atoms with E-state index in [9.17, 15) is 18.0 Å². The number of hydrogen-bond acceptors (Lipinski definition) is 7. The van der Waals surface area contributed by atoms with Crippen LogP contribution in [0.1, 0.15) is 35.1 Å². The third-order valence-electron chi connectivity index (χ3n) is 5.41. The number of aryl methyl sites for hydroxylation is 1. The molecule has 4 rings (SSSR count). The summed E-state index contributed by atoms with van der Waals surface area (Å²) >= 11 is 1.35. The lowest BCUT2D eigenvalue weighted by molar-refractivity contribution is -0.118. The maximum Gasteiger partial charge on any atom is 0.262 e. The monoisotopic (exact) mass is 499 g/mol. The normalized spacial score (nSPS) is 14.2. The van der Waals surface area contributed by atoms with Crippen LogP contribution in [0.3, 0.4) is 0 Å². The fraction of sp³-hybridized carbons (Fsp3) is 0.292. The summed E-state index contributed by atoms with van der Waals surface area (Å²) in [6.45, 7) is 4.14. The summed E-state index contributed by atoms with van der Waals surface area (Å²) in [7, 11) is -3.56. The SMILES string of the molecule is CC(=O)c1sc(-c2ccc(OCC(=O)Nc3cccc(S(=O)(=O)N4CCCC4)c3)cc2)nc1C. The number of nitrogens with one attached hydrogen (secondary N) is 1. The van der Waals surface area contributed by atoms with Crippen molar-refractivity contribution < 1.29 is 22.7 Å². The van der Waals surface area contributed by atoms with E-state index in [2.05, 4.69) is 10.3 Å². The molecule has 1 N–H and O–H groups in total. The van der Waals surface area contributed by atoms with Crippen molar-refractivity contribution in [2.75, 3.05) is 25.0 Å². The molecule has 34 heavy (non-hydrogen) atoms. The molecule has 0 spiro atoms. The summed E-state index contributed by atoms with van der Waals surface area (Å²) in [5, 5.41) is 3.43. The summed E-state index contributed by atoms with van der Waals surface area (Å²) in [4.78, 5) is 29.3. The fourth-order valence-electron chi connectivity index (χ4n) is 3.70. The molecule has 1 amide bonds. The van der Waals surface area contributed by atoms with Crippen LogP contribution in [0.4, 0.5) is 5.69 Å². The van der Waals surface area contributed by atoms with Gasteiger partial charge in [0.15, 0.2) is 12.4 Å². The molecule has 1 fully saturated rings. The van der Waals surface area contributed by atoms with Crippen LogP contribution < -0.4 is 10.1 Å².